The van der Waals surface area contributed by atoms with Crippen molar-refractivity contribution >= 4 is 23.4 Å². The number of nitrogens with two attached hydrogens (primary N) is 1. The van der Waals surface area contributed by atoms with E-state index < -0.39 is 6.04 Å². The molecule has 0 aliphatic heterocycles. The van der Waals surface area contributed by atoms with Crippen molar-refractivity contribution in [3.63, 3.8) is 0 Å². The minimum atomic E-state index is -0.570. The third-order valence-electron chi connectivity index (χ3n) is 4.31. The van der Waals surface area contributed by atoms with Gasteiger partial charge in [-0.3, -0.25) is 4.79 Å². The van der Waals surface area contributed by atoms with Gasteiger partial charge in [0.1, 0.15) is 0 Å². The van der Waals surface area contributed by atoms with Crippen molar-refractivity contribution in [3.8, 4) is 0 Å². The smallest absolute Gasteiger partial charge is 0.241 e. The molecule has 0 bridgehead atoms. The zero-order chi connectivity index (χ0) is 19.1. The van der Waals surface area contributed by atoms with Crippen LogP contribution in [0.5, 0.6) is 0 Å². The normalized spacial score (nSPS) is 11.8. The summed E-state index contributed by atoms with van der Waals surface area (Å²) >= 11 is 1.80. The maximum Gasteiger partial charge on any atom is 0.241 e. The lowest BCUT2D eigenvalue weighted by Crippen LogP contribution is -2.37. The second kappa shape index (κ2) is 9.40. The van der Waals surface area contributed by atoms with Crippen molar-refractivity contribution in [2.45, 2.75) is 30.0 Å². The molecule has 4 heteroatoms. The molecular formula is C23H24N2OS. The lowest BCUT2D eigenvalue weighted by molar-refractivity contribution is -0.117. The summed E-state index contributed by atoms with van der Waals surface area (Å²) in [4.78, 5) is 13.6. The first-order valence-electron chi connectivity index (χ1n) is 8.99. The van der Waals surface area contributed by atoms with E-state index >= 15 is 0 Å². The molecule has 1 amide bonds. The van der Waals surface area contributed by atoms with E-state index in [0.717, 1.165) is 22.6 Å². The molecule has 3 aromatic rings. The Morgan fingerprint density at radius 2 is 1.59 bits per heavy atom. The molecule has 0 heterocycles. The first-order valence-corrected chi connectivity index (χ1v) is 9.98. The molecule has 0 aromatic heterocycles. The van der Waals surface area contributed by atoms with Crippen molar-refractivity contribution in [2.24, 2.45) is 5.73 Å². The summed E-state index contributed by atoms with van der Waals surface area (Å²) in [6.07, 6.45) is 0.524. The largest absolute Gasteiger partial charge is 0.325 e. The SMILES string of the molecule is Cc1cc(NC(=O)C(N)Cc2ccccc2)ccc1SCc1ccccc1. The standard InChI is InChI=1S/C23H24N2OS/c1-17-14-20(12-13-22(17)27-16-19-10-6-3-7-11-19)25-23(26)21(24)15-18-8-4-2-5-9-18/h2-14,21H,15-16,24H2,1H3,(H,25,26). The van der Waals surface area contributed by atoms with E-state index in [1.54, 1.807) is 11.8 Å². The Balaban J connectivity index is 1.57. The summed E-state index contributed by atoms with van der Waals surface area (Å²) in [6, 6.07) is 25.6. The van der Waals surface area contributed by atoms with Crippen LogP contribution in [0.15, 0.2) is 83.8 Å². The van der Waals surface area contributed by atoms with E-state index in [-0.39, 0.29) is 5.91 Å². The maximum absolute atomic E-state index is 12.4. The van der Waals surface area contributed by atoms with E-state index in [1.807, 2.05) is 48.5 Å². The van der Waals surface area contributed by atoms with E-state index in [0.29, 0.717) is 6.42 Å². The third-order valence-corrected chi connectivity index (χ3v) is 5.56. The van der Waals surface area contributed by atoms with Crippen LogP contribution in [0, 0.1) is 6.92 Å². The molecule has 1 atom stereocenters. The van der Waals surface area contributed by atoms with Gasteiger partial charge in [0.05, 0.1) is 6.04 Å². The summed E-state index contributed by atoms with van der Waals surface area (Å²) in [7, 11) is 0. The van der Waals surface area contributed by atoms with Crippen molar-refractivity contribution in [2.75, 3.05) is 5.32 Å². The number of rotatable bonds is 7. The molecular weight excluding hydrogens is 352 g/mol. The highest BCUT2D eigenvalue weighted by atomic mass is 32.2. The molecule has 0 aliphatic rings. The van der Waals surface area contributed by atoms with Gasteiger partial charge in [0, 0.05) is 16.3 Å². The Bertz CT molecular complexity index is 881. The number of hydrogen-bond donors (Lipinski definition) is 2. The minimum absolute atomic E-state index is 0.164. The molecule has 3 N–H and O–H groups in total. The minimum Gasteiger partial charge on any atom is -0.325 e. The van der Waals surface area contributed by atoms with Crippen LogP contribution < -0.4 is 11.1 Å². The maximum atomic E-state index is 12.4. The van der Waals surface area contributed by atoms with Crippen LogP contribution in [0.1, 0.15) is 16.7 Å². The van der Waals surface area contributed by atoms with E-state index in [2.05, 4.69) is 42.6 Å². The Morgan fingerprint density at radius 3 is 2.22 bits per heavy atom. The molecule has 0 saturated heterocycles. The van der Waals surface area contributed by atoms with E-state index in [9.17, 15) is 4.79 Å². The van der Waals surface area contributed by atoms with Crippen LogP contribution in [-0.4, -0.2) is 11.9 Å². The van der Waals surface area contributed by atoms with Gasteiger partial charge in [0.25, 0.3) is 0 Å². The molecule has 0 radical (unpaired) electrons. The first kappa shape index (κ1) is 19.2. The van der Waals surface area contributed by atoms with Crippen LogP contribution in [0.2, 0.25) is 0 Å². The van der Waals surface area contributed by atoms with Gasteiger partial charge in [0.15, 0.2) is 0 Å². The van der Waals surface area contributed by atoms with Gasteiger partial charge in [-0.15, -0.1) is 11.8 Å². The average molecular weight is 377 g/mol. The number of anilines is 1. The molecule has 3 nitrogen and oxygen atoms in total. The zero-order valence-corrected chi connectivity index (χ0v) is 16.2. The Kier molecular flexibility index (Phi) is 6.69. The predicted octanol–water partition coefficient (Wildman–Crippen LogP) is 4.80. The van der Waals surface area contributed by atoms with Gasteiger partial charge in [-0.25, -0.2) is 0 Å². The highest BCUT2D eigenvalue weighted by Crippen LogP contribution is 2.28. The Labute approximate surface area is 165 Å². The van der Waals surface area contributed by atoms with Crippen LogP contribution >= 0.6 is 11.8 Å². The molecule has 27 heavy (non-hydrogen) atoms. The van der Waals surface area contributed by atoms with Crippen molar-refractivity contribution in [1.29, 1.82) is 0 Å². The fraction of sp³-hybridized carbons (Fsp3) is 0.174. The molecule has 0 saturated carbocycles. The summed E-state index contributed by atoms with van der Waals surface area (Å²) < 4.78 is 0. The van der Waals surface area contributed by atoms with Gasteiger partial charge in [-0.1, -0.05) is 60.7 Å². The van der Waals surface area contributed by atoms with Gasteiger partial charge >= 0.3 is 0 Å². The van der Waals surface area contributed by atoms with Crippen molar-refractivity contribution < 1.29 is 4.79 Å². The molecule has 138 valence electrons. The number of carbonyl (C=O) groups excluding carboxylic acids is 1. The van der Waals surface area contributed by atoms with E-state index in [1.165, 1.54) is 10.5 Å². The quantitative estimate of drug-likeness (QED) is 0.583. The summed E-state index contributed by atoms with van der Waals surface area (Å²) in [5.74, 6) is 0.762. The highest BCUT2D eigenvalue weighted by molar-refractivity contribution is 7.98. The fourth-order valence-corrected chi connectivity index (χ4v) is 3.79. The lowest BCUT2D eigenvalue weighted by Gasteiger charge is -2.14. The van der Waals surface area contributed by atoms with Crippen LogP contribution in [-0.2, 0) is 17.0 Å². The number of aryl methyl sites for hydroxylation is 1. The number of benzene rings is 3. The monoisotopic (exact) mass is 376 g/mol. The van der Waals surface area contributed by atoms with E-state index in [4.69, 9.17) is 5.73 Å². The van der Waals surface area contributed by atoms with Crippen molar-refractivity contribution in [1.82, 2.24) is 0 Å². The fourth-order valence-electron chi connectivity index (χ4n) is 2.82. The summed E-state index contributed by atoms with van der Waals surface area (Å²) in [5, 5.41) is 2.93. The number of carbonyl (C=O) groups is 1. The topological polar surface area (TPSA) is 55.1 Å². The average Bonchev–Trinajstić information content (AvgIpc) is 2.69. The predicted molar refractivity (Wildman–Crippen MR) is 114 cm³/mol. The molecule has 1 unspecified atom stereocenters. The molecule has 0 spiro atoms. The van der Waals surface area contributed by atoms with Crippen LogP contribution in [0.25, 0.3) is 0 Å². The van der Waals surface area contributed by atoms with Crippen LogP contribution in [0.4, 0.5) is 5.69 Å². The highest BCUT2D eigenvalue weighted by Gasteiger charge is 2.14. The molecule has 3 rings (SSSR count). The van der Waals surface area contributed by atoms with Gasteiger partial charge in [0.2, 0.25) is 5.91 Å². The number of nitrogens with one attached hydrogen (secondary N) is 1. The molecule has 0 fully saturated rings. The second-order valence-corrected chi connectivity index (χ2v) is 7.56. The van der Waals surface area contributed by atoms with Crippen LogP contribution in [0.3, 0.4) is 0 Å². The lowest BCUT2D eigenvalue weighted by atomic mass is 10.1. The zero-order valence-electron chi connectivity index (χ0n) is 15.4. The molecule has 3 aromatic carbocycles. The third kappa shape index (κ3) is 5.71. The Morgan fingerprint density at radius 1 is 0.963 bits per heavy atom. The Hall–Kier alpha value is -2.56. The van der Waals surface area contributed by atoms with Gasteiger partial charge in [-0.2, -0.15) is 0 Å². The van der Waals surface area contributed by atoms with Crippen molar-refractivity contribution in [3.05, 3.63) is 95.6 Å². The number of hydrogen-bond acceptors (Lipinski definition) is 3. The summed E-state index contributed by atoms with van der Waals surface area (Å²) in [5.41, 5.74) is 10.3. The van der Waals surface area contributed by atoms with Gasteiger partial charge in [-0.05, 0) is 48.2 Å². The first-order chi connectivity index (χ1) is 13.1. The van der Waals surface area contributed by atoms with Gasteiger partial charge < -0.3 is 11.1 Å². The molecule has 0 aliphatic carbocycles. The number of amides is 1. The number of thioether (sulfide) groups is 1. The summed E-state index contributed by atoms with van der Waals surface area (Å²) in [6.45, 7) is 2.06. The second-order valence-electron chi connectivity index (χ2n) is 6.54.